The van der Waals surface area contributed by atoms with Crippen LogP contribution in [-0.2, 0) is 55.8 Å². The number of aliphatic hydroxyl groups excluding tert-OH is 2. The minimum atomic E-state index is -4.97. The number of aliphatic hydroxyl groups is 2. The molecule has 16 nitrogen and oxygen atoms in total. The third-order valence-corrected chi connectivity index (χ3v) is 17.2. The minimum absolute atomic E-state index is 0.0392. The highest BCUT2D eigenvalue weighted by Gasteiger charge is 2.29. The van der Waals surface area contributed by atoms with Crippen LogP contribution >= 0.6 is 15.6 Å². The summed E-state index contributed by atoms with van der Waals surface area (Å²) in [5, 5.41) is 20.6. The third-order valence-electron chi connectivity index (χ3n) is 15.3. The van der Waals surface area contributed by atoms with Gasteiger partial charge >= 0.3 is 33.6 Å². The number of ether oxygens (including phenoxy) is 3. The molecule has 0 saturated carbocycles. The van der Waals surface area contributed by atoms with Gasteiger partial charge in [-0.05, 0) is 154 Å². The molecule has 0 aromatic heterocycles. The predicted octanol–water partition coefficient (Wildman–Crippen LogP) is 22.8. The second-order valence-corrected chi connectivity index (χ2v) is 27.9. The number of hydrogen-bond acceptors (Lipinski definition) is 14. The molecule has 0 aliphatic rings. The number of carbonyl (C=O) groups excluding carboxylic acids is 3. The van der Waals surface area contributed by atoms with Gasteiger partial charge in [-0.15, -0.1) is 0 Å². The average molecular weight is 1480 g/mol. The lowest BCUT2D eigenvalue weighted by molar-refractivity contribution is -0.161. The Morgan fingerprint density at radius 1 is 0.282 bits per heavy atom. The Bertz CT molecular complexity index is 2650. The molecule has 0 fully saturated rings. The van der Waals surface area contributed by atoms with Crippen LogP contribution in [0.4, 0.5) is 0 Å². The van der Waals surface area contributed by atoms with Gasteiger partial charge in [-0.1, -0.05) is 286 Å². The van der Waals surface area contributed by atoms with Crippen molar-refractivity contribution < 1.29 is 75.8 Å². The zero-order valence-electron chi connectivity index (χ0n) is 63.4. The van der Waals surface area contributed by atoms with Crippen LogP contribution in [0.5, 0.6) is 0 Å². The Hall–Kier alpha value is -5.61. The van der Waals surface area contributed by atoms with Crippen LogP contribution in [0.3, 0.4) is 0 Å². The summed E-state index contributed by atoms with van der Waals surface area (Å²) >= 11 is 0. The minimum Gasteiger partial charge on any atom is -0.463 e. The van der Waals surface area contributed by atoms with E-state index in [0.29, 0.717) is 25.7 Å². The van der Waals surface area contributed by atoms with Crippen LogP contribution in [0, 0.1) is 0 Å². The van der Waals surface area contributed by atoms with Gasteiger partial charge in [0, 0.05) is 19.3 Å². The van der Waals surface area contributed by atoms with Gasteiger partial charge < -0.3 is 34.2 Å². The first kappa shape index (κ1) is 97.4. The maximum Gasteiger partial charge on any atom is 0.472 e. The largest absolute Gasteiger partial charge is 0.472 e. The second kappa shape index (κ2) is 76.1. The highest BCUT2D eigenvalue weighted by Crippen LogP contribution is 2.45. The van der Waals surface area contributed by atoms with Gasteiger partial charge in [0.25, 0.3) is 0 Å². The van der Waals surface area contributed by atoms with Crippen LogP contribution in [0.15, 0.2) is 194 Å². The Labute approximate surface area is 623 Å². The number of hydrogen-bond donors (Lipinski definition) is 4. The number of allylic oxidation sites excluding steroid dienone is 32. The smallest absolute Gasteiger partial charge is 0.463 e. The summed E-state index contributed by atoms with van der Waals surface area (Å²) in [5.74, 6) is -1.74. The molecule has 0 rings (SSSR count). The van der Waals surface area contributed by atoms with E-state index in [4.69, 9.17) is 32.3 Å². The van der Waals surface area contributed by atoms with E-state index >= 15 is 0 Å². The van der Waals surface area contributed by atoms with Crippen molar-refractivity contribution in [2.45, 2.75) is 283 Å². The molecule has 0 aromatic carbocycles. The molecule has 5 atom stereocenters. The molecule has 4 N–H and O–H groups in total. The quantitative estimate of drug-likeness (QED) is 0.0146. The summed E-state index contributed by atoms with van der Waals surface area (Å²) in [4.78, 5) is 58.6. The van der Waals surface area contributed by atoms with E-state index in [9.17, 15) is 43.5 Å². The highest BCUT2D eigenvalue weighted by molar-refractivity contribution is 7.47. The predicted molar refractivity (Wildman–Crippen MR) is 426 cm³/mol. The lowest BCUT2D eigenvalue weighted by atomic mass is 10.0. The first-order valence-corrected chi connectivity index (χ1v) is 41.7. The van der Waals surface area contributed by atoms with Crippen LogP contribution in [0.1, 0.15) is 265 Å². The van der Waals surface area contributed by atoms with Crippen molar-refractivity contribution in [1.82, 2.24) is 0 Å². The van der Waals surface area contributed by atoms with Crippen LogP contribution in [0.25, 0.3) is 0 Å². The van der Waals surface area contributed by atoms with E-state index < -0.39 is 91.5 Å². The molecule has 0 aliphatic heterocycles. The molecule has 0 radical (unpaired) electrons. The Morgan fingerprint density at radius 2 is 0.534 bits per heavy atom. The summed E-state index contributed by atoms with van der Waals surface area (Å²) in [6, 6.07) is 0. The Kier molecular flexibility index (Phi) is 71.9. The average Bonchev–Trinajstić information content (AvgIpc) is 0.936. The van der Waals surface area contributed by atoms with Gasteiger partial charge in [-0.3, -0.25) is 32.5 Å². The van der Waals surface area contributed by atoms with E-state index in [0.717, 1.165) is 135 Å². The van der Waals surface area contributed by atoms with E-state index in [1.807, 2.05) is 18.2 Å². The van der Waals surface area contributed by atoms with E-state index in [1.165, 1.54) is 64.2 Å². The number of unbranched alkanes of at least 4 members (excludes halogenated alkanes) is 16. The summed E-state index contributed by atoms with van der Waals surface area (Å²) in [5.41, 5.74) is 0. The van der Waals surface area contributed by atoms with Crippen molar-refractivity contribution in [3.63, 3.8) is 0 Å². The van der Waals surface area contributed by atoms with Crippen molar-refractivity contribution in [3.8, 4) is 0 Å². The second-order valence-electron chi connectivity index (χ2n) is 25.0. The summed E-state index contributed by atoms with van der Waals surface area (Å²) in [7, 11) is -9.85. The molecule has 0 aliphatic carbocycles. The standard InChI is InChI=1S/C85H136O16P2/c1-4-7-10-13-16-19-22-25-28-31-34-36-37-38-39-40-41-43-46-47-50-53-56-59-62-65-68-71-83(88)95-74-80(86)75-97-102(91,92)98-76-81(87)77-99-103(93,94)100-79-82(101-85(90)73-70-67-64-61-58-55-52-49-44-33-30-27-24-21-18-15-12-9-6-3)78-96-84(89)72-69-66-63-60-57-54-51-48-45-42-35-32-29-26-23-20-17-14-11-8-5-2/h8-9,11-12,16-21,25-30,34-36,38-39,42,44,48-49,51,55,57-58,60,64,67,80-82,86-87H,4-7,10,13-15,22-24,31-33,37,40-41,43,45-47,50,52-54,56,59,61-63,65-66,68-79H2,1-3H3,(H,91,92)(H,93,94)/b11-8-,12-9-,19-16-,20-17-,21-18-,28-25-,29-26-,30-27-,36-34-,39-38-,42-35-,49-44-,51-48-,58-55-,60-57-,67-64-. The molecule has 0 amide bonds. The number of rotatable bonds is 71. The molecule has 5 unspecified atom stereocenters. The molecular formula is C85H136O16P2. The van der Waals surface area contributed by atoms with Crippen molar-refractivity contribution in [3.05, 3.63) is 194 Å². The van der Waals surface area contributed by atoms with E-state index in [1.54, 1.807) is 0 Å². The molecule has 582 valence electrons. The maximum atomic E-state index is 12.9. The van der Waals surface area contributed by atoms with E-state index in [2.05, 4.69) is 197 Å². The van der Waals surface area contributed by atoms with Gasteiger partial charge in [-0.2, -0.15) is 0 Å². The summed E-state index contributed by atoms with van der Waals surface area (Å²) in [6.07, 6.45) is 99.2. The van der Waals surface area contributed by atoms with Crippen molar-refractivity contribution in [2.75, 3.05) is 39.6 Å². The van der Waals surface area contributed by atoms with Crippen LogP contribution < -0.4 is 0 Å². The fourth-order valence-corrected chi connectivity index (χ4v) is 11.0. The van der Waals surface area contributed by atoms with Gasteiger partial charge in [-0.25, -0.2) is 9.13 Å². The molecule has 0 heterocycles. The monoisotopic (exact) mass is 1470 g/mol. The van der Waals surface area contributed by atoms with Gasteiger partial charge in [0.2, 0.25) is 0 Å². The number of carbonyl (C=O) groups is 3. The highest BCUT2D eigenvalue weighted by atomic mass is 31.2. The molecule has 0 bridgehead atoms. The van der Waals surface area contributed by atoms with Crippen molar-refractivity contribution in [2.24, 2.45) is 0 Å². The van der Waals surface area contributed by atoms with Crippen LogP contribution in [-0.4, -0.2) is 95.9 Å². The molecule has 0 saturated heterocycles. The molecule has 0 aromatic rings. The normalized spacial score (nSPS) is 15.1. The van der Waals surface area contributed by atoms with Crippen molar-refractivity contribution in [1.29, 1.82) is 0 Å². The Morgan fingerprint density at radius 3 is 0.874 bits per heavy atom. The zero-order chi connectivity index (χ0) is 75.2. The van der Waals surface area contributed by atoms with Gasteiger partial charge in [0.1, 0.15) is 25.4 Å². The third kappa shape index (κ3) is 77.3. The SMILES string of the molecule is CC/C=C\C/C=C\C/C=C\C/C=C\C/C=C\C/C=C\CCCCC(=O)OCC(COP(=O)(O)OCC(O)COP(=O)(O)OCC(O)COC(=O)CCCCCCCCCCCCC/C=C\C/C=C\C/C=C\C/C=C\CCCCC)OC(=O)CC/C=C\C/C=C\C/C=C\C/C=C\C/C=C\C/C=C\CC. The first-order chi connectivity index (χ1) is 50.2. The lowest BCUT2D eigenvalue weighted by Crippen LogP contribution is -2.29. The number of esters is 3. The molecular weight excluding hydrogens is 1340 g/mol. The summed E-state index contributed by atoms with van der Waals surface area (Å²) < 4.78 is 61.0. The fourth-order valence-electron chi connectivity index (χ4n) is 9.46. The summed E-state index contributed by atoms with van der Waals surface area (Å²) in [6.45, 7) is 2.25. The van der Waals surface area contributed by atoms with Gasteiger partial charge in [0.05, 0.1) is 26.4 Å². The lowest BCUT2D eigenvalue weighted by Gasteiger charge is -2.21. The molecule has 103 heavy (non-hydrogen) atoms. The maximum absolute atomic E-state index is 12.9. The molecule has 0 spiro atoms. The number of phosphoric ester groups is 2. The topological polar surface area (TPSA) is 231 Å². The van der Waals surface area contributed by atoms with Crippen LogP contribution in [0.2, 0.25) is 0 Å². The fraction of sp³-hybridized carbons (Fsp3) is 0.588. The number of phosphoric acid groups is 2. The first-order valence-electron chi connectivity index (χ1n) is 38.7. The zero-order valence-corrected chi connectivity index (χ0v) is 65.2. The van der Waals surface area contributed by atoms with Crippen molar-refractivity contribution >= 4 is 33.6 Å². The van der Waals surface area contributed by atoms with E-state index in [-0.39, 0.29) is 19.3 Å². The Balaban J connectivity index is 4.74. The molecule has 18 heteroatoms. The van der Waals surface area contributed by atoms with Gasteiger partial charge in [0.15, 0.2) is 6.10 Å².